The van der Waals surface area contributed by atoms with E-state index in [0.29, 0.717) is 17.7 Å². The lowest BCUT2D eigenvalue weighted by Gasteiger charge is -2.12. The average Bonchev–Trinajstić information content (AvgIpc) is 2.41. The topological polar surface area (TPSA) is 12.0 Å². The van der Waals surface area contributed by atoms with Gasteiger partial charge in [0.1, 0.15) is 11.6 Å². The smallest absolute Gasteiger partial charge is 0.131 e. The van der Waals surface area contributed by atoms with Gasteiger partial charge in [-0.05, 0) is 61.7 Å². The maximum absolute atomic E-state index is 14.2. The number of benzene rings is 2. The molecule has 3 heteroatoms. The Bertz CT molecular complexity index is 612. The highest BCUT2D eigenvalue weighted by Gasteiger charge is 2.12. The number of hydrogen-bond acceptors (Lipinski definition) is 1. The molecule has 2 aromatic carbocycles. The molecule has 0 bridgehead atoms. The van der Waals surface area contributed by atoms with Crippen molar-refractivity contribution >= 4 is 0 Å². The molecule has 0 saturated carbocycles. The highest BCUT2D eigenvalue weighted by atomic mass is 19.1. The van der Waals surface area contributed by atoms with Gasteiger partial charge in [-0.3, -0.25) is 0 Å². The van der Waals surface area contributed by atoms with E-state index in [2.05, 4.69) is 12.2 Å². The van der Waals surface area contributed by atoms with Crippen molar-refractivity contribution in [1.29, 1.82) is 0 Å². The van der Waals surface area contributed by atoms with Gasteiger partial charge in [0.25, 0.3) is 0 Å². The van der Waals surface area contributed by atoms with E-state index in [0.717, 1.165) is 29.7 Å². The molecule has 1 N–H and O–H groups in total. The Labute approximate surface area is 125 Å². The average molecular weight is 289 g/mol. The van der Waals surface area contributed by atoms with E-state index in [-0.39, 0.29) is 11.6 Å². The minimum atomic E-state index is -0.258. The SMILES string of the molecule is CCCNCc1cc(-c2c(C)cc(C)cc2F)ccc1F. The number of aryl methyl sites for hydroxylation is 2. The Morgan fingerprint density at radius 3 is 2.43 bits per heavy atom. The van der Waals surface area contributed by atoms with Crippen molar-refractivity contribution in [2.45, 2.75) is 33.7 Å². The van der Waals surface area contributed by atoms with Crippen LogP contribution in [0, 0.1) is 25.5 Å². The molecular weight excluding hydrogens is 268 g/mol. The highest BCUT2D eigenvalue weighted by Crippen LogP contribution is 2.29. The molecule has 112 valence electrons. The lowest BCUT2D eigenvalue weighted by Crippen LogP contribution is -2.14. The van der Waals surface area contributed by atoms with Gasteiger partial charge in [0.2, 0.25) is 0 Å². The van der Waals surface area contributed by atoms with Gasteiger partial charge in [-0.1, -0.05) is 19.1 Å². The summed E-state index contributed by atoms with van der Waals surface area (Å²) in [7, 11) is 0. The number of halogens is 2. The quantitative estimate of drug-likeness (QED) is 0.783. The Balaban J connectivity index is 2.39. The van der Waals surface area contributed by atoms with Gasteiger partial charge in [-0.2, -0.15) is 0 Å². The summed E-state index contributed by atoms with van der Waals surface area (Å²) in [5, 5.41) is 3.18. The maximum atomic E-state index is 14.2. The normalized spacial score (nSPS) is 10.9. The van der Waals surface area contributed by atoms with Gasteiger partial charge in [0.05, 0.1) is 0 Å². The van der Waals surface area contributed by atoms with Gasteiger partial charge in [0.15, 0.2) is 0 Å². The molecule has 0 aliphatic carbocycles. The third kappa shape index (κ3) is 3.67. The predicted octanol–water partition coefficient (Wildman–Crippen LogP) is 4.75. The van der Waals surface area contributed by atoms with Crippen LogP contribution in [-0.4, -0.2) is 6.54 Å². The number of hydrogen-bond donors (Lipinski definition) is 1. The summed E-state index contributed by atoms with van der Waals surface area (Å²) >= 11 is 0. The summed E-state index contributed by atoms with van der Waals surface area (Å²) < 4.78 is 28.1. The first-order chi connectivity index (χ1) is 10.0. The molecular formula is C18H21F2N. The molecule has 0 amide bonds. The van der Waals surface area contributed by atoms with Crippen molar-refractivity contribution in [3.8, 4) is 11.1 Å². The third-order valence-corrected chi connectivity index (χ3v) is 3.51. The van der Waals surface area contributed by atoms with Crippen LogP contribution < -0.4 is 5.32 Å². The molecule has 0 aromatic heterocycles. The Morgan fingerprint density at radius 2 is 1.76 bits per heavy atom. The van der Waals surface area contributed by atoms with Crippen molar-refractivity contribution in [3.05, 3.63) is 58.7 Å². The fraction of sp³-hybridized carbons (Fsp3) is 0.333. The summed E-state index contributed by atoms with van der Waals surface area (Å²) in [6.07, 6.45) is 0.993. The molecule has 0 aliphatic heterocycles. The van der Waals surface area contributed by atoms with Crippen molar-refractivity contribution in [2.24, 2.45) is 0 Å². The van der Waals surface area contributed by atoms with Crippen molar-refractivity contribution in [2.75, 3.05) is 6.54 Å². The van der Waals surface area contributed by atoms with Crippen LogP contribution in [0.2, 0.25) is 0 Å². The summed E-state index contributed by atoms with van der Waals surface area (Å²) in [5.41, 5.74) is 3.60. The van der Waals surface area contributed by atoms with Crippen LogP contribution in [0.3, 0.4) is 0 Å². The maximum Gasteiger partial charge on any atom is 0.131 e. The highest BCUT2D eigenvalue weighted by molar-refractivity contribution is 5.69. The monoisotopic (exact) mass is 289 g/mol. The summed E-state index contributed by atoms with van der Waals surface area (Å²) in [4.78, 5) is 0. The Hall–Kier alpha value is -1.74. The van der Waals surface area contributed by atoms with E-state index >= 15 is 0 Å². The first-order valence-corrected chi connectivity index (χ1v) is 7.29. The molecule has 2 aromatic rings. The van der Waals surface area contributed by atoms with Crippen LogP contribution in [0.15, 0.2) is 30.3 Å². The second-order valence-corrected chi connectivity index (χ2v) is 5.42. The van der Waals surface area contributed by atoms with Gasteiger partial charge in [-0.15, -0.1) is 0 Å². The molecule has 0 heterocycles. The fourth-order valence-electron chi connectivity index (χ4n) is 2.55. The fourth-order valence-corrected chi connectivity index (χ4v) is 2.55. The Morgan fingerprint density at radius 1 is 1.00 bits per heavy atom. The van der Waals surface area contributed by atoms with Gasteiger partial charge in [-0.25, -0.2) is 8.78 Å². The second-order valence-electron chi connectivity index (χ2n) is 5.42. The summed E-state index contributed by atoms with van der Waals surface area (Å²) in [6, 6.07) is 8.24. The van der Waals surface area contributed by atoms with E-state index in [1.165, 1.54) is 12.1 Å². The van der Waals surface area contributed by atoms with E-state index in [1.54, 1.807) is 12.1 Å². The molecule has 0 atom stereocenters. The van der Waals surface area contributed by atoms with Crippen molar-refractivity contribution in [1.82, 2.24) is 5.32 Å². The summed E-state index contributed by atoms with van der Waals surface area (Å²) in [6.45, 7) is 7.10. The van der Waals surface area contributed by atoms with Crippen LogP contribution in [0.5, 0.6) is 0 Å². The molecule has 1 nitrogen and oxygen atoms in total. The molecule has 21 heavy (non-hydrogen) atoms. The molecule has 0 radical (unpaired) electrons. The van der Waals surface area contributed by atoms with Crippen LogP contribution in [0.4, 0.5) is 8.78 Å². The minimum absolute atomic E-state index is 0.257. The lowest BCUT2D eigenvalue weighted by molar-refractivity contribution is 0.586. The standard InChI is InChI=1S/C18H21F2N/c1-4-7-21-11-15-10-14(5-6-16(15)19)18-13(3)8-12(2)9-17(18)20/h5-6,8-10,21H,4,7,11H2,1-3H3. The zero-order valence-corrected chi connectivity index (χ0v) is 12.8. The van der Waals surface area contributed by atoms with Gasteiger partial charge in [0, 0.05) is 17.7 Å². The van der Waals surface area contributed by atoms with E-state index in [4.69, 9.17) is 0 Å². The minimum Gasteiger partial charge on any atom is -0.313 e. The Kier molecular flexibility index (Phi) is 5.07. The van der Waals surface area contributed by atoms with Gasteiger partial charge >= 0.3 is 0 Å². The van der Waals surface area contributed by atoms with Crippen LogP contribution in [0.25, 0.3) is 11.1 Å². The first-order valence-electron chi connectivity index (χ1n) is 7.29. The molecule has 2 rings (SSSR count). The third-order valence-electron chi connectivity index (χ3n) is 3.51. The second kappa shape index (κ2) is 6.81. The first kappa shape index (κ1) is 15.6. The van der Waals surface area contributed by atoms with E-state index in [9.17, 15) is 8.78 Å². The van der Waals surface area contributed by atoms with Gasteiger partial charge < -0.3 is 5.32 Å². The lowest BCUT2D eigenvalue weighted by atomic mass is 9.96. The largest absolute Gasteiger partial charge is 0.313 e. The zero-order chi connectivity index (χ0) is 15.4. The van der Waals surface area contributed by atoms with Crippen LogP contribution in [0.1, 0.15) is 30.0 Å². The number of nitrogens with one attached hydrogen (secondary N) is 1. The van der Waals surface area contributed by atoms with E-state index < -0.39 is 0 Å². The van der Waals surface area contributed by atoms with Crippen molar-refractivity contribution in [3.63, 3.8) is 0 Å². The summed E-state index contributed by atoms with van der Waals surface area (Å²) in [5.74, 6) is -0.515. The van der Waals surface area contributed by atoms with Crippen molar-refractivity contribution < 1.29 is 8.78 Å². The van der Waals surface area contributed by atoms with Crippen LogP contribution in [-0.2, 0) is 6.54 Å². The molecule has 0 unspecified atom stereocenters. The van der Waals surface area contributed by atoms with E-state index in [1.807, 2.05) is 19.9 Å². The zero-order valence-electron chi connectivity index (χ0n) is 12.8. The molecule has 0 aliphatic rings. The van der Waals surface area contributed by atoms with Crippen LogP contribution >= 0.6 is 0 Å². The molecule has 0 spiro atoms. The molecule has 0 fully saturated rings. The predicted molar refractivity (Wildman–Crippen MR) is 83.3 cm³/mol. The number of rotatable bonds is 5. The molecule has 0 saturated heterocycles.